The number of methoxy groups -OCH3 is 1. The molecule has 0 spiro atoms. The summed E-state index contributed by atoms with van der Waals surface area (Å²) < 4.78 is 59.9. The molecule has 10 atom stereocenters. The predicted molar refractivity (Wildman–Crippen MR) is 205 cm³/mol. The van der Waals surface area contributed by atoms with E-state index in [2.05, 4.69) is 16.6 Å². The summed E-state index contributed by atoms with van der Waals surface area (Å²) in [4.78, 5) is 66.9. The van der Waals surface area contributed by atoms with E-state index in [9.17, 15) is 29.5 Å². The summed E-state index contributed by atoms with van der Waals surface area (Å²) in [5.74, 6) is -3.96. The van der Waals surface area contributed by atoms with Crippen molar-refractivity contribution in [3.8, 4) is 0 Å². The van der Waals surface area contributed by atoms with Gasteiger partial charge in [0.05, 0.1) is 26.9 Å². The Morgan fingerprint density at radius 3 is 2.02 bits per heavy atom. The maximum absolute atomic E-state index is 13.5. The molecule has 18 heteroatoms. The molecule has 320 valence electrons. The van der Waals surface area contributed by atoms with Gasteiger partial charge in [0, 0.05) is 25.2 Å². The van der Waals surface area contributed by atoms with E-state index in [1.54, 1.807) is 55.5 Å². The number of rotatable bonds is 22. The largest absolute Gasteiger partial charge is 0.467 e. The third-order valence-electron chi connectivity index (χ3n) is 9.18. The molecule has 18 nitrogen and oxygen atoms in total. The molecule has 4 rings (SSSR count). The van der Waals surface area contributed by atoms with Gasteiger partial charge in [-0.05, 0) is 29.5 Å². The van der Waals surface area contributed by atoms with E-state index in [0.717, 1.165) is 19.6 Å². The van der Waals surface area contributed by atoms with Crippen LogP contribution in [-0.2, 0) is 84.6 Å². The lowest BCUT2D eigenvalue weighted by Gasteiger charge is -2.48. The fourth-order valence-corrected chi connectivity index (χ4v) is 6.36. The van der Waals surface area contributed by atoms with Crippen LogP contribution in [0, 0.1) is 0 Å². The summed E-state index contributed by atoms with van der Waals surface area (Å²) in [6.45, 7) is 7.18. The topological polar surface area (TPSA) is 226 Å². The SMILES string of the molecule is C=CCCCO[C@@H]1O[C@H](COC(C)=O)[C@@H](O[C@H]2O[C@@H](C(=O)OC)[C@@H](OC(=O)CC(=O)CC)[C@H](OCc3ccccc3)[C@H]2OC(C)=O)[C@H](OCc2ccccc2)[C@H]1N=[N+]=[N-]. The minimum atomic E-state index is -1.77. The molecule has 0 aromatic heterocycles. The molecule has 2 fully saturated rings. The van der Waals surface area contributed by atoms with Crippen LogP contribution in [0.25, 0.3) is 10.4 Å². The van der Waals surface area contributed by atoms with Crippen LogP contribution in [0.4, 0.5) is 0 Å². The number of carbonyl (C=O) groups is 5. The van der Waals surface area contributed by atoms with Gasteiger partial charge < -0.3 is 47.4 Å². The third-order valence-corrected chi connectivity index (χ3v) is 9.18. The molecule has 0 saturated carbocycles. The van der Waals surface area contributed by atoms with E-state index in [1.165, 1.54) is 6.92 Å². The van der Waals surface area contributed by atoms with Crippen LogP contribution in [0.2, 0.25) is 0 Å². The molecule has 0 unspecified atom stereocenters. The standard InChI is InChI=1S/C41H51N3O15/c1-6-8-15-20-51-40-32(43-44-42)34(53-22-27-16-11-9-12-17-27)33(30(56-40)24-52-25(3)45)58-41-38(55-26(4)46)35(54-23-28-18-13-10-14-19-28)36(37(59-41)39(49)50-5)57-31(48)21-29(47)7-2/h6,9-14,16-19,30,32-38,40-41H,1,7-8,15,20-24H2,2-5H3/t30-,32-,33-,34-,35+,36+,37-,38-,40-,41+/m1/s1. The lowest BCUT2D eigenvalue weighted by molar-refractivity contribution is -0.350. The van der Waals surface area contributed by atoms with Crippen LogP contribution >= 0.6 is 0 Å². The van der Waals surface area contributed by atoms with Gasteiger partial charge in [-0.3, -0.25) is 19.2 Å². The number of benzene rings is 2. The van der Waals surface area contributed by atoms with Crippen LogP contribution in [0.5, 0.6) is 0 Å². The first-order chi connectivity index (χ1) is 28.5. The van der Waals surface area contributed by atoms with Crippen molar-refractivity contribution in [1.29, 1.82) is 0 Å². The van der Waals surface area contributed by atoms with Gasteiger partial charge in [-0.15, -0.1) is 6.58 Å². The zero-order valence-corrected chi connectivity index (χ0v) is 33.5. The summed E-state index contributed by atoms with van der Waals surface area (Å²) in [7, 11) is 1.08. The molecule has 2 aromatic carbocycles. The summed E-state index contributed by atoms with van der Waals surface area (Å²) in [6, 6.07) is 16.7. The highest BCUT2D eigenvalue weighted by atomic mass is 16.8. The maximum Gasteiger partial charge on any atom is 0.339 e. The second-order valence-corrected chi connectivity index (χ2v) is 13.5. The molecule has 2 saturated heterocycles. The van der Waals surface area contributed by atoms with Crippen molar-refractivity contribution >= 4 is 29.7 Å². The van der Waals surface area contributed by atoms with E-state index in [4.69, 9.17) is 47.4 Å². The minimum Gasteiger partial charge on any atom is -0.467 e. The molecular weight excluding hydrogens is 774 g/mol. The van der Waals surface area contributed by atoms with E-state index >= 15 is 0 Å². The minimum absolute atomic E-state index is 0.0344. The van der Waals surface area contributed by atoms with Crippen molar-refractivity contribution in [1.82, 2.24) is 0 Å². The monoisotopic (exact) mass is 825 g/mol. The molecule has 0 amide bonds. The average molecular weight is 826 g/mol. The van der Waals surface area contributed by atoms with Gasteiger partial charge in [-0.25, -0.2) is 4.79 Å². The Morgan fingerprint density at radius 2 is 1.46 bits per heavy atom. The lowest BCUT2D eigenvalue weighted by Crippen LogP contribution is -2.67. The van der Waals surface area contributed by atoms with E-state index < -0.39 is 104 Å². The Hall–Kier alpha value is -5.20. The molecule has 2 aliphatic rings. The fraction of sp³-hybridized carbons (Fsp3) is 0.537. The highest BCUT2D eigenvalue weighted by Crippen LogP contribution is 2.36. The van der Waals surface area contributed by atoms with E-state index in [0.29, 0.717) is 18.4 Å². The van der Waals surface area contributed by atoms with Crippen LogP contribution < -0.4 is 0 Å². The number of nitrogens with zero attached hydrogens (tertiary/aromatic N) is 3. The Kier molecular flexibility index (Phi) is 18.9. The summed E-state index contributed by atoms with van der Waals surface area (Å²) >= 11 is 0. The van der Waals surface area contributed by atoms with Crippen LogP contribution in [0.3, 0.4) is 0 Å². The van der Waals surface area contributed by atoms with E-state index in [1.807, 2.05) is 18.2 Å². The molecule has 0 aliphatic carbocycles. The molecule has 0 radical (unpaired) electrons. The Labute approximate surface area is 341 Å². The number of ether oxygens (including phenoxy) is 10. The van der Waals surface area contributed by atoms with Gasteiger partial charge in [0.1, 0.15) is 49.3 Å². The number of ketones is 1. The molecule has 2 aliphatic heterocycles. The van der Waals surface area contributed by atoms with Crippen LogP contribution in [0.1, 0.15) is 57.6 Å². The zero-order chi connectivity index (χ0) is 42.7. The third kappa shape index (κ3) is 14.0. The first-order valence-corrected chi connectivity index (χ1v) is 19.1. The van der Waals surface area contributed by atoms with Crippen molar-refractivity contribution in [2.24, 2.45) is 5.11 Å². The molecular formula is C41H51N3O15. The normalized spacial score (nSPS) is 26.4. The second kappa shape index (κ2) is 24.0. The fourth-order valence-electron chi connectivity index (χ4n) is 6.36. The van der Waals surface area contributed by atoms with Crippen molar-refractivity contribution in [2.45, 2.75) is 121 Å². The highest BCUT2D eigenvalue weighted by molar-refractivity contribution is 5.95. The lowest BCUT2D eigenvalue weighted by atomic mass is 9.95. The number of hydrogen-bond donors (Lipinski definition) is 0. The van der Waals surface area contributed by atoms with E-state index in [-0.39, 0.29) is 26.2 Å². The number of azide groups is 1. The molecule has 2 heterocycles. The van der Waals surface area contributed by atoms with Gasteiger partial charge in [0.25, 0.3) is 0 Å². The number of Topliss-reactive ketones (excluding diaryl/α,β-unsaturated/α-hetero) is 1. The molecule has 0 bridgehead atoms. The number of allylic oxidation sites excluding steroid dienone is 1. The summed E-state index contributed by atoms with van der Waals surface area (Å²) in [6.07, 6.45) is -11.0. The number of carbonyl (C=O) groups excluding carboxylic acids is 5. The Bertz CT molecular complexity index is 1740. The van der Waals surface area contributed by atoms with Gasteiger partial charge in [-0.2, -0.15) is 0 Å². The second-order valence-electron chi connectivity index (χ2n) is 13.5. The van der Waals surface area contributed by atoms with Crippen molar-refractivity contribution in [2.75, 3.05) is 20.3 Å². The molecule has 2 aromatic rings. The summed E-state index contributed by atoms with van der Waals surface area (Å²) in [5, 5.41) is 4.00. The number of unbranched alkanes of at least 4 members (excludes halogenated alkanes) is 1. The van der Waals surface area contributed by atoms with Crippen molar-refractivity contribution in [3.63, 3.8) is 0 Å². The number of esters is 4. The van der Waals surface area contributed by atoms with Crippen molar-refractivity contribution in [3.05, 3.63) is 94.9 Å². The quantitative estimate of drug-likeness (QED) is 0.0231. The smallest absolute Gasteiger partial charge is 0.339 e. The summed E-state index contributed by atoms with van der Waals surface area (Å²) in [5.41, 5.74) is 11.2. The number of hydrogen-bond acceptors (Lipinski definition) is 16. The Morgan fingerprint density at radius 1 is 0.814 bits per heavy atom. The highest BCUT2D eigenvalue weighted by Gasteiger charge is 2.57. The van der Waals surface area contributed by atoms with Crippen LogP contribution in [-0.4, -0.2) is 111 Å². The Balaban J connectivity index is 1.83. The first-order valence-electron chi connectivity index (χ1n) is 19.1. The van der Waals surface area contributed by atoms with Gasteiger partial charge >= 0.3 is 23.9 Å². The van der Waals surface area contributed by atoms with Gasteiger partial charge in [0.15, 0.2) is 30.9 Å². The maximum atomic E-state index is 13.5. The predicted octanol–water partition coefficient (Wildman–Crippen LogP) is 4.60. The first kappa shape index (κ1) is 46.5. The molecule has 0 N–H and O–H groups in total. The zero-order valence-electron chi connectivity index (χ0n) is 33.5. The van der Waals surface area contributed by atoms with Gasteiger partial charge in [-0.1, -0.05) is 78.8 Å². The molecule has 59 heavy (non-hydrogen) atoms. The van der Waals surface area contributed by atoms with Crippen LogP contribution in [0.15, 0.2) is 78.4 Å². The van der Waals surface area contributed by atoms with Crippen molar-refractivity contribution < 1.29 is 71.3 Å². The average Bonchev–Trinajstić information content (AvgIpc) is 3.22. The van der Waals surface area contributed by atoms with Gasteiger partial charge in [0.2, 0.25) is 0 Å².